The molecule has 15 heavy (non-hydrogen) atoms. The van der Waals surface area contributed by atoms with Crippen LogP contribution in [-0.4, -0.2) is 16.0 Å². The molecule has 0 bridgehead atoms. The molecule has 88 valence electrons. The van der Waals surface area contributed by atoms with Crippen LogP contribution in [0.5, 0.6) is 0 Å². The highest BCUT2D eigenvalue weighted by Crippen LogP contribution is 2.38. The van der Waals surface area contributed by atoms with E-state index in [2.05, 4.69) is 58.7 Å². The van der Waals surface area contributed by atoms with Crippen LogP contribution in [0.4, 0.5) is 0 Å². The van der Waals surface area contributed by atoms with Crippen LogP contribution in [0, 0.1) is 5.92 Å². The lowest BCUT2D eigenvalue weighted by molar-refractivity contribution is 0.0187. The minimum atomic E-state index is 0.313. The molecule has 1 rings (SSSR count). The second kappa shape index (κ2) is 4.19. The van der Waals surface area contributed by atoms with Gasteiger partial charge in [-0.05, 0) is 59.1 Å². The SMILES string of the molecule is CC(C)/C=C/N1C(C)(C)CCCC1(C)C. The van der Waals surface area contributed by atoms with Crippen LogP contribution < -0.4 is 0 Å². The molecule has 0 aromatic heterocycles. The highest BCUT2D eigenvalue weighted by atomic mass is 15.2. The van der Waals surface area contributed by atoms with E-state index in [1.807, 2.05) is 0 Å². The van der Waals surface area contributed by atoms with Crippen molar-refractivity contribution in [2.75, 3.05) is 0 Å². The number of piperidine rings is 1. The van der Waals surface area contributed by atoms with Gasteiger partial charge in [0.15, 0.2) is 0 Å². The van der Waals surface area contributed by atoms with Crippen molar-refractivity contribution in [3.63, 3.8) is 0 Å². The van der Waals surface area contributed by atoms with Crippen molar-refractivity contribution in [2.24, 2.45) is 5.92 Å². The summed E-state index contributed by atoms with van der Waals surface area (Å²) in [5.41, 5.74) is 0.625. The van der Waals surface area contributed by atoms with Gasteiger partial charge in [0.05, 0.1) is 0 Å². The van der Waals surface area contributed by atoms with E-state index >= 15 is 0 Å². The second-order valence-corrected chi connectivity index (χ2v) is 6.43. The van der Waals surface area contributed by atoms with Gasteiger partial charge < -0.3 is 4.90 Å². The van der Waals surface area contributed by atoms with Crippen molar-refractivity contribution >= 4 is 0 Å². The molecule has 1 fully saturated rings. The Kier molecular flexibility index (Phi) is 3.52. The summed E-state index contributed by atoms with van der Waals surface area (Å²) in [6.07, 6.45) is 8.60. The number of rotatable bonds is 2. The lowest BCUT2D eigenvalue weighted by atomic mass is 9.80. The summed E-state index contributed by atoms with van der Waals surface area (Å²) in [6.45, 7) is 13.9. The molecule has 0 aliphatic carbocycles. The summed E-state index contributed by atoms with van der Waals surface area (Å²) >= 11 is 0. The topological polar surface area (TPSA) is 3.24 Å². The molecule has 1 aliphatic heterocycles. The minimum absolute atomic E-state index is 0.313. The molecule has 1 saturated heterocycles. The normalized spacial score (nSPS) is 25.1. The third kappa shape index (κ3) is 2.99. The van der Waals surface area contributed by atoms with E-state index in [9.17, 15) is 0 Å². The standard InChI is InChI=1S/C14H27N/c1-12(2)8-11-15-13(3,4)9-7-10-14(15,5)6/h8,11-12H,7,9-10H2,1-6H3/b11-8+. The number of allylic oxidation sites excluding steroid dienone is 1. The summed E-state index contributed by atoms with van der Waals surface area (Å²) in [4.78, 5) is 2.56. The molecular weight excluding hydrogens is 182 g/mol. The largest absolute Gasteiger partial charge is 0.368 e. The van der Waals surface area contributed by atoms with Gasteiger partial charge in [-0.3, -0.25) is 0 Å². The van der Waals surface area contributed by atoms with Gasteiger partial charge in [-0.1, -0.05) is 19.9 Å². The molecule has 0 unspecified atom stereocenters. The zero-order chi connectivity index (χ0) is 11.7. The fraction of sp³-hybridized carbons (Fsp3) is 0.857. The molecule has 0 atom stereocenters. The maximum absolute atomic E-state index is 2.56. The minimum Gasteiger partial charge on any atom is -0.368 e. The highest BCUT2D eigenvalue weighted by molar-refractivity contribution is 5.03. The second-order valence-electron chi connectivity index (χ2n) is 6.43. The summed E-state index contributed by atoms with van der Waals surface area (Å²) in [7, 11) is 0. The van der Waals surface area contributed by atoms with Gasteiger partial charge in [0.1, 0.15) is 0 Å². The van der Waals surface area contributed by atoms with Crippen molar-refractivity contribution in [1.82, 2.24) is 4.90 Å². The molecule has 1 heterocycles. The monoisotopic (exact) mass is 209 g/mol. The third-order valence-electron chi connectivity index (χ3n) is 3.50. The smallest absolute Gasteiger partial charge is 0.0346 e. The molecule has 0 saturated carbocycles. The first-order valence-corrected chi connectivity index (χ1v) is 6.23. The molecule has 0 radical (unpaired) electrons. The van der Waals surface area contributed by atoms with Crippen molar-refractivity contribution in [3.8, 4) is 0 Å². The van der Waals surface area contributed by atoms with Crippen LogP contribution >= 0.6 is 0 Å². The summed E-state index contributed by atoms with van der Waals surface area (Å²) in [6, 6.07) is 0. The summed E-state index contributed by atoms with van der Waals surface area (Å²) in [5.74, 6) is 0.638. The average molecular weight is 209 g/mol. The zero-order valence-corrected chi connectivity index (χ0v) is 11.3. The van der Waals surface area contributed by atoms with Gasteiger partial charge in [0.25, 0.3) is 0 Å². The Balaban J connectivity index is 2.86. The third-order valence-corrected chi connectivity index (χ3v) is 3.50. The Morgan fingerprint density at radius 1 is 1.00 bits per heavy atom. The van der Waals surface area contributed by atoms with E-state index in [4.69, 9.17) is 0 Å². The van der Waals surface area contributed by atoms with Gasteiger partial charge in [0.2, 0.25) is 0 Å². The van der Waals surface area contributed by atoms with Crippen molar-refractivity contribution < 1.29 is 0 Å². The maximum atomic E-state index is 2.56. The van der Waals surface area contributed by atoms with Crippen molar-refractivity contribution in [3.05, 3.63) is 12.3 Å². The quantitative estimate of drug-likeness (QED) is 0.659. The molecule has 0 N–H and O–H groups in total. The average Bonchev–Trinajstić information content (AvgIpc) is 1.99. The van der Waals surface area contributed by atoms with Crippen molar-refractivity contribution in [2.45, 2.75) is 71.9 Å². The van der Waals surface area contributed by atoms with Gasteiger partial charge >= 0.3 is 0 Å². The molecule has 0 spiro atoms. The Morgan fingerprint density at radius 3 is 1.87 bits per heavy atom. The zero-order valence-electron chi connectivity index (χ0n) is 11.3. The fourth-order valence-corrected chi connectivity index (χ4v) is 2.68. The first-order chi connectivity index (χ1) is 6.76. The first-order valence-electron chi connectivity index (χ1n) is 6.23. The molecule has 1 heteroatoms. The summed E-state index contributed by atoms with van der Waals surface area (Å²) in [5, 5.41) is 0. The molecule has 0 amide bonds. The number of likely N-dealkylation sites (tertiary alicyclic amines) is 1. The summed E-state index contributed by atoms with van der Waals surface area (Å²) < 4.78 is 0. The van der Waals surface area contributed by atoms with Gasteiger partial charge in [0, 0.05) is 11.1 Å². The lowest BCUT2D eigenvalue weighted by Gasteiger charge is -2.53. The molecular formula is C14H27N. The van der Waals surface area contributed by atoms with E-state index in [1.165, 1.54) is 19.3 Å². The predicted molar refractivity (Wildman–Crippen MR) is 67.8 cm³/mol. The fourth-order valence-electron chi connectivity index (χ4n) is 2.68. The van der Waals surface area contributed by atoms with Gasteiger partial charge in [-0.2, -0.15) is 0 Å². The van der Waals surface area contributed by atoms with Gasteiger partial charge in [-0.25, -0.2) is 0 Å². The highest BCUT2D eigenvalue weighted by Gasteiger charge is 2.38. The van der Waals surface area contributed by atoms with E-state index in [-0.39, 0.29) is 0 Å². The Bertz CT molecular complexity index is 220. The Labute approximate surface area is 95.5 Å². The first kappa shape index (κ1) is 12.6. The van der Waals surface area contributed by atoms with Crippen LogP contribution in [0.2, 0.25) is 0 Å². The van der Waals surface area contributed by atoms with Crippen LogP contribution in [0.1, 0.15) is 60.8 Å². The Hall–Kier alpha value is -0.460. The molecule has 1 nitrogen and oxygen atoms in total. The Morgan fingerprint density at radius 2 is 1.47 bits per heavy atom. The molecule has 0 aromatic carbocycles. The van der Waals surface area contributed by atoms with E-state index in [0.717, 1.165) is 0 Å². The van der Waals surface area contributed by atoms with E-state index < -0.39 is 0 Å². The van der Waals surface area contributed by atoms with Crippen LogP contribution in [-0.2, 0) is 0 Å². The van der Waals surface area contributed by atoms with E-state index in [0.29, 0.717) is 17.0 Å². The maximum Gasteiger partial charge on any atom is 0.0346 e. The van der Waals surface area contributed by atoms with Crippen molar-refractivity contribution in [1.29, 1.82) is 0 Å². The number of hydrogen-bond donors (Lipinski definition) is 0. The van der Waals surface area contributed by atoms with Gasteiger partial charge in [-0.15, -0.1) is 0 Å². The lowest BCUT2D eigenvalue weighted by Crippen LogP contribution is -2.55. The molecule has 1 aliphatic rings. The van der Waals surface area contributed by atoms with Crippen LogP contribution in [0.3, 0.4) is 0 Å². The van der Waals surface area contributed by atoms with Crippen LogP contribution in [0.15, 0.2) is 12.3 Å². The number of hydrogen-bond acceptors (Lipinski definition) is 1. The predicted octanol–water partition coefficient (Wildman–Crippen LogP) is 4.20. The molecule has 0 aromatic rings. The number of nitrogens with zero attached hydrogens (tertiary/aromatic N) is 1. The van der Waals surface area contributed by atoms with Crippen LogP contribution in [0.25, 0.3) is 0 Å². The van der Waals surface area contributed by atoms with E-state index in [1.54, 1.807) is 0 Å².